The van der Waals surface area contributed by atoms with Gasteiger partial charge in [-0.05, 0) is 43.0 Å². The molecule has 1 saturated carbocycles. The van der Waals surface area contributed by atoms with E-state index in [0.29, 0.717) is 6.04 Å². The predicted octanol–water partition coefficient (Wildman–Crippen LogP) is 3.12. The quantitative estimate of drug-likeness (QED) is 0.655. The summed E-state index contributed by atoms with van der Waals surface area (Å²) in [5.74, 6) is 0.769. The zero-order valence-electron chi connectivity index (χ0n) is 12.0. The van der Waals surface area contributed by atoms with Gasteiger partial charge in [0.05, 0.1) is 4.92 Å². The maximum atomic E-state index is 10.6. The van der Waals surface area contributed by atoms with Gasteiger partial charge in [-0.3, -0.25) is 10.1 Å². The molecule has 0 saturated heterocycles. The maximum absolute atomic E-state index is 10.6. The molecule has 1 aliphatic carbocycles. The van der Waals surface area contributed by atoms with Crippen molar-refractivity contribution in [1.29, 1.82) is 0 Å². The normalized spacial score (nSPS) is 15.9. The van der Waals surface area contributed by atoms with Gasteiger partial charge < -0.3 is 9.88 Å². The standard InChI is InChI=1S/C16H19N3O2/c1-17-16(13-4-5-13)14-8-9-18(11-14)10-12-2-6-15(7-3-12)19(20)21/h2-3,6-9,11,13,16-17H,4-5,10H2,1H3. The number of nitro groups is 1. The summed E-state index contributed by atoms with van der Waals surface area (Å²) in [6, 6.07) is 9.34. The van der Waals surface area contributed by atoms with Gasteiger partial charge >= 0.3 is 0 Å². The Bertz CT molecular complexity index is 629. The molecular weight excluding hydrogens is 266 g/mol. The smallest absolute Gasteiger partial charge is 0.269 e. The molecule has 21 heavy (non-hydrogen) atoms. The van der Waals surface area contributed by atoms with Gasteiger partial charge in [0.1, 0.15) is 0 Å². The van der Waals surface area contributed by atoms with E-state index < -0.39 is 0 Å². The molecule has 0 bridgehead atoms. The molecule has 5 heteroatoms. The van der Waals surface area contributed by atoms with Crippen LogP contribution in [0.5, 0.6) is 0 Å². The van der Waals surface area contributed by atoms with Gasteiger partial charge in [0, 0.05) is 37.1 Å². The first-order valence-electron chi connectivity index (χ1n) is 7.23. The van der Waals surface area contributed by atoms with Gasteiger partial charge in [-0.2, -0.15) is 0 Å². The molecule has 1 aromatic carbocycles. The van der Waals surface area contributed by atoms with Crippen LogP contribution in [0, 0.1) is 16.0 Å². The summed E-state index contributed by atoms with van der Waals surface area (Å²) in [5, 5.41) is 14.0. The molecule has 1 atom stereocenters. The van der Waals surface area contributed by atoms with Gasteiger partial charge in [0.2, 0.25) is 0 Å². The summed E-state index contributed by atoms with van der Waals surface area (Å²) in [7, 11) is 2.01. The fraction of sp³-hybridized carbons (Fsp3) is 0.375. The zero-order valence-corrected chi connectivity index (χ0v) is 12.0. The lowest BCUT2D eigenvalue weighted by atomic mass is 10.1. The van der Waals surface area contributed by atoms with Crippen molar-refractivity contribution < 1.29 is 4.92 Å². The van der Waals surface area contributed by atoms with Crippen molar-refractivity contribution in [2.75, 3.05) is 7.05 Å². The molecule has 1 heterocycles. The van der Waals surface area contributed by atoms with Crippen LogP contribution in [0.2, 0.25) is 0 Å². The molecule has 3 rings (SSSR count). The first-order valence-corrected chi connectivity index (χ1v) is 7.23. The number of hydrogen-bond donors (Lipinski definition) is 1. The van der Waals surface area contributed by atoms with Gasteiger partial charge in [-0.15, -0.1) is 0 Å². The Morgan fingerprint density at radius 2 is 2.05 bits per heavy atom. The first-order chi connectivity index (χ1) is 10.2. The number of aromatic nitrogens is 1. The predicted molar refractivity (Wildman–Crippen MR) is 81.2 cm³/mol. The Morgan fingerprint density at radius 3 is 2.62 bits per heavy atom. The minimum atomic E-state index is -0.370. The number of rotatable bonds is 6. The van der Waals surface area contributed by atoms with Crippen molar-refractivity contribution in [2.45, 2.75) is 25.4 Å². The first kappa shape index (κ1) is 13.8. The number of benzene rings is 1. The summed E-state index contributed by atoms with van der Waals surface area (Å²) in [5.41, 5.74) is 2.52. The molecule has 1 aliphatic rings. The van der Waals surface area contributed by atoms with Gasteiger partial charge in [0.15, 0.2) is 0 Å². The number of hydrogen-bond acceptors (Lipinski definition) is 3. The molecule has 5 nitrogen and oxygen atoms in total. The summed E-state index contributed by atoms with van der Waals surface area (Å²) in [6.45, 7) is 0.735. The Hall–Kier alpha value is -2.14. The Morgan fingerprint density at radius 1 is 1.33 bits per heavy atom. The Kier molecular flexibility index (Phi) is 3.75. The SMILES string of the molecule is CNC(c1ccn(Cc2ccc([N+](=O)[O-])cc2)c1)C1CC1. The number of nitrogens with zero attached hydrogens (tertiary/aromatic N) is 2. The van der Waals surface area contributed by atoms with Crippen LogP contribution in [0.25, 0.3) is 0 Å². The van der Waals surface area contributed by atoms with Crippen LogP contribution in [0.15, 0.2) is 42.7 Å². The van der Waals surface area contributed by atoms with Crippen LogP contribution in [-0.2, 0) is 6.54 Å². The lowest BCUT2D eigenvalue weighted by Gasteiger charge is -2.13. The second-order valence-corrected chi connectivity index (χ2v) is 5.64. The highest BCUT2D eigenvalue weighted by Gasteiger charge is 2.31. The number of nitrogens with one attached hydrogen (secondary N) is 1. The third kappa shape index (κ3) is 3.13. The third-order valence-electron chi connectivity index (χ3n) is 4.05. The van der Waals surface area contributed by atoms with E-state index in [1.807, 2.05) is 19.2 Å². The summed E-state index contributed by atoms with van der Waals surface area (Å²) in [6.07, 6.45) is 6.85. The van der Waals surface area contributed by atoms with E-state index in [9.17, 15) is 10.1 Å². The largest absolute Gasteiger partial charge is 0.350 e. The highest BCUT2D eigenvalue weighted by Crippen LogP contribution is 2.40. The fourth-order valence-corrected chi connectivity index (χ4v) is 2.78. The molecule has 0 spiro atoms. The zero-order chi connectivity index (χ0) is 14.8. The van der Waals surface area contributed by atoms with Crippen molar-refractivity contribution in [2.24, 2.45) is 5.92 Å². The summed E-state index contributed by atoms with van der Waals surface area (Å²) < 4.78 is 2.13. The van der Waals surface area contributed by atoms with Gasteiger partial charge in [-0.25, -0.2) is 0 Å². The summed E-state index contributed by atoms with van der Waals surface area (Å²) >= 11 is 0. The lowest BCUT2D eigenvalue weighted by Crippen LogP contribution is -2.17. The molecule has 110 valence electrons. The van der Waals surface area contributed by atoms with E-state index in [0.717, 1.165) is 18.0 Å². The average Bonchev–Trinajstić information content (AvgIpc) is 3.21. The molecule has 2 aromatic rings. The van der Waals surface area contributed by atoms with Crippen LogP contribution in [-0.4, -0.2) is 16.5 Å². The molecule has 1 aromatic heterocycles. The number of nitro benzene ring substituents is 1. The van der Waals surface area contributed by atoms with Crippen LogP contribution >= 0.6 is 0 Å². The lowest BCUT2D eigenvalue weighted by molar-refractivity contribution is -0.384. The Labute approximate surface area is 123 Å². The molecule has 0 radical (unpaired) electrons. The van der Waals surface area contributed by atoms with Crippen LogP contribution < -0.4 is 5.32 Å². The van der Waals surface area contributed by atoms with E-state index in [4.69, 9.17) is 0 Å². The highest BCUT2D eigenvalue weighted by atomic mass is 16.6. The van der Waals surface area contributed by atoms with Gasteiger partial charge in [-0.1, -0.05) is 12.1 Å². The molecule has 1 unspecified atom stereocenters. The fourth-order valence-electron chi connectivity index (χ4n) is 2.78. The monoisotopic (exact) mass is 285 g/mol. The maximum Gasteiger partial charge on any atom is 0.269 e. The molecular formula is C16H19N3O2. The van der Waals surface area contributed by atoms with Crippen LogP contribution in [0.1, 0.15) is 30.0 Å². The van der Waals surface area contributed by atoms with E-state index in [2.05, 4.69) is 28.3 Å². The van der Waals surface area contributed by atoms with Crippen molar-refractivity contribution in [3.63, 3.8) is 0 Å². The second-order valence-electron chi connectivity index (χ2n) is 5.64. The average molecular weight is 285 g/mol. The minimum absolute atomic E-state index is 0.135. The van der Waals surface area contributed by atoms with Gasteiger partial charge in [0.25, 0.3) is 5.69 Å². The van der Waals surface area contributed by atoms with Crippen molar-refractivity contribution >= 4 is 5.69 Å². The van der Waals surface area contributed by atoms with E-state index in [1.54, 1.807) is 12.1 Å². The second kappa shape index (κ2) is 5.69. The van der Waals surface area contributed by atoms with Crippen LogP contribution in [0.4, 0.5) is 5.69 Å². The topological polar surface area (TPSA) is 60.1 Å². The molecule has 0 amide bonds. The van der Waals surface area contributed by atoms with Crippen molar-refractivity contribution in [3.8, 4) is 0 Å². The number of non-ortho nitro benzene ring substituents is 1. The van der Waals surface area contributed by atoms with E-state index >= 15 is 0 Å². The van der Waals surface area contributed by atoms with Crippen LogP contribution in [0.3, 0.4) is 0 Å². The highest BCUT2D eigenvalue weighted by molar-refractivity contribution is 5.33. The Balaban J connectivity index is 1.70. The molecule has 1 N–H and O–H groups in total. The molecule has 1 fully saturated rings. The van der Waals surface area contributed by atoms with Crippen molar-refractivity contribution in [1.82, 2.24) is 9.88 Å². The van der Waals surface area contributed by atoms with E-state index in [1.165, 1.54) is 18.4 Å². The summed E-state index contributed by atoms with van der Waals surface area (Å²) in [4.78, 5) is 10.3. The third-order valence-corrected chi connectivity index (χ3v) is 4.05. The minimum Gasteiger partial charge on any atom is -0.350 e. The van der Waals surface area contributed by atoms with Crippen molar-refractivity contribution in [3.05, 3.63) is 64.0 Å². The molecule has 0 aliphatic heterocycles. The van der Waals surface area contributed by atoms with E-state index in [-0.39, 0.29) is 10.6 Å².